The number of hydrogen-bond donors (Lipinski definition) is 3. The summed E-state index contributed by atoms with van der Waals surface area (Å²) in [5, 5.41) is 26.6. The van der Waals surface area contributed by atoms with Crippen LogP contribution in [0, 0.1) is 6.92 Å². The molecule has 142 valence electrons. The molecular formula is C16H15F3N6O2. The summed E-state index contributed by atoms with van der Waals surface area (Å²) < 4.78 is 41.0. The monoisotopic (exact) mass is 380 g/mol. The van der Waals surface area contributed by atoms with Gasteiger partial charge in [0.1, 0.15) is 0 Å². The number of rotatable bonds is 4. The molecule has 0 amide bonds. The number of alkyl halides is 3. The number of benzene rings is 1. The van der Waals surface area contributed by atoms with Gasteiger partial charge in [-0.05, 0) is 24.1 Å². The molecule has 8 nitrogen and oxygen atoms in total. The van der Waals surface area contributed by atoms with Crippen molar-refractivity contribution < 1.29 is 23.4 Å². The minimum atomic E-state index is -5.06. The Kier molecular flexibility index (Phi) is 4.57. The second-order valence-electron chi connectivity index (χ2n) is 5.86. The minimum absolute atomic E-state index is 0.0558. The van der Waals surface area contributed by atoms with Crippen LogP contribution in [0.25, 0.3) is 17.1 Å². The van der Waals surface area contributed by atoms with E-state index in [1.54, 1.807) is 6.92 Å². The van der Waals surface area contributed by atoms with Crippen molar-refractivity contribution in [1.82, 2.24) is 25.0 Å². The Balaban J connectivity index is 2.15. The number of nitrogens with two attached hydrogens (primary N) is 1. The Bertz CT molecular complexity index is 961. The van der Waals surface area contributed by atoms with Gasteiger partial charge >= 0.3 is 6.18 Å². The van der Waals surface area contributed by atoms with E-state index in [4.69, 9.17) is 5.73 Å². The van der Waals surface area contributed by atoms with Gasteiger partial charge < -0.3 is 15.9 Å². The lowest BCUT2D eigenvalue weighted by molar-refractivity contribution is -0.277. The summed E-state index contributed by atoms with van der Waals surface area (Å²) in [7, 11) is 0. The van der Waals surface area contributed by atoms with Crippen LogP contribution in [0.15, 0.2) is 36.8 Å². The van der Waals surface area contributed by atoms with Crippen molar-refractivity contribution in [2.24, 2.45) is 0 Å². The van der Waals surface area contributed by atoms with Crippen LogP contribution in [-0.4, -0.2) is 48.0 Å². The van der Waals surface area contributed by atoms with E-state index < -0.39 is 23.9 Å². The number of hydrogen-bond acceptors (Lipinski definition) is 7. The van der Waals surface area contributed by atoms with E-state index in [1.807, 2.05) is 0 Å². The zero-order chi connectivity index (χ0) is 19.8. The van der Waals surface area contributed by atoms with Crippen molar-refractivity contribution in [3.63, 3.8) is 0 Å². The summed E-state index contributed by atoms with van der Waals surface area (Å²) in [5.41, 5.74) is 2.97. The molecular weight excluding hydrogens is 365 g/mol. The third kappa shape index (κ3) is 3.22. The number of aliphatic hydroxyl groups excluding tert-OH is 1. The van der Waals surface area contributed by atoms with Gasteiger partial charge in [0.25, 0.3) is 0 Å². The second kappa shape index (κ2) is 6.59. The number of aliphatic hydroxyl groups is 2. The summed E-state index contributed by atoms with van der Waals surface area (Å²) in [4.78, 5) is 8.31. The summed E-state index contributed by atoms with van der Waals surface area (Å²) in [5.74, 6) is 0.211. The highest BCUT2D eigenvalue weighted by molar-refractivity contribution is 5.66. The standard InChI is InChI=1S/C16H15F3N6O2/c1-9-2-3-10(15(27,8-26)16(17,18)19)6-11(9)12-7-21-13(20)14(23-12)25-5-4-22-24-25/h2-7,26-27H,8H2,1H3,(H2,20,21)/t15-/m1/s1. The van der Waals surface area contributed by atoms with Crippen LogP contribution in [-0.2, 0) is 5.60 Å². The molecule has 3 rings (SSSR count). The van der Waals surface area contributed by atoms with Gasteiger partial charge in [0, 0.05) is 5.56 Å². The molecule has 27 heavy (non-hydrogen) atoms. The van der Waals surface area contributed by atoms with Gasteiger partial charge in [-0.25, -0.2) is 9.97 Å². The third-order valence-corrected chi connectivity index (χ3v) is 4.11. The van der Waals surface area contributed by atoms with E-state index >= 15 is 0 Å². The maximum Gasteiger partial charge on any atom is 0.423 e. The molecule has 0 aliphatic heterocycles. The normalized spacial score (nSPS) is 14.1. The molecule has 2 aromatic heterocycles. The van der Waals surface area contributed by atoms with Crippen LogP contribution in [0.5, 0.6) is 0 Å². The zero-order valence-electron chi connectivity index (χ0n) is 14.0. The topological polar surface area (TPSA) is 123 Å². The van der Waals surface area contributed by atoms with Crippen molar-refractivity contribution in [3.8, 4) is 17.1 Å². The van der Waals surface area contributed by atoms with Crippen LogP contribution in [0.2, 0.25) is 0 Å². The summed E-state index contributed by atoms with van der Waals surface area (Å²) in [6.07, 6.45) is -0.869. The maximum absolute atomic E-state index is 13.3. The molecule has 0 fully saturated rings. The van der Waals surface area contributed by atoms with Gasteiger partial charge in [0.05, 0.1) is 30.9 Å². The predicted octanol–water partition coefficient (Wildman–Crippen LogP) is 1.36. The van der Waals surface area contributed by atoms with Gasteiger partial charge in [0.15, 0.2) is 11.6 Å². The first-order chi connectivity index (χ1) is 12.7. The smallest absolute Gasteiger partial charge is 0.393 e. The van der Waals surface area contributed by atoms with Crippen molar-refractivity contribution >= 4 is 5.82 Å². The summed E-state index contributed by atoms with van der Waals surface area (Å²) >= 11 is 0. The van der Waals surface area contributed by atoms with E-state index in [9.17, 15) is 23.4 Å². The first kappa shape index (κ1) is 18.7. The van der Waals surface area contributed by atoms with E-state index in [2.05, 4.69) is 20.3 Å². The molecule has 0 unspecified atom stereocenters. The highest BCUT2D eigenvalue weighted by Gasteiger charge is 2.54. The Morgan fingerprint density at radius 1 is 1.26 bits per heavy atom. The van der Waals surface area contributed by atoms with Crippen molar-refractivity contribution in [2.45, 2.75) is 18.7 Å². The first-order valence-electron chi connectivity index (χ1n) is 7.68. The lowest BCUT2D eigenvalue weighted by Crippen LogP contribution is -2.45. The zero-order valence-corrected chi connectivity index (χ0v) is 14.0. The quantitative estimate of drug-likeness (QED) is 0.624. The molecule has 0 spiro atoms. The fourth-order valence-electron chi connectivity index (χ4n) is 2.51. The molecule has 0 aliphatic carbocycles. The molecule has 0 aliphatic rings. The highest BCUT2D eigenvalue weighted by Crippen LogP contribution is 2.40. The van der Waals surface area contributed by atoms with Crippen LogP contribution in [0.1, 0.15) is 11.1 Å². The number of anilines is 1. The summed E-state index contributed by atoms with van der Waals surface area (Å²) in [6.45, 7) is 0.147. The van der Waals surface area contributed by atoms with E-state index in [1.165, 1.54) is 29.3 Å². The van der Waals surface area contributed by atoms with Crippen LogP contribution in [0.4, 0.5) is 19.0 Å². The predicted molar refractivity (Wildman–Crippen MR) is 88.6 cm³/mol. The number of nitrogens with zero attached hydrogens (tertiary/aromatic N) is 5. The molecule has 1 atom stereocenters. The molecule has 4 N–H and O–H groups in total. The summed E-state index contributed by atoms with van der Waals surface area (Å²) in [6, 6.07) is 3.61. The fraction of sp³-hybridized carbons (Fsp3) is 0.250. The molecule has 0 radical (unpaired) electrons. The lowest BCUT2D eigenvalue weighted by Gasteiger charge is -2.29. The Labute approximate surface area is 151 Å². The number of nitrogen functional groups attached to an aromatic ring is 1. The number of halogens is 3. The number of aromatic nitrogens is 5. The molecule has 0 saturated heterocycles. The van der Waals surface area contributed by atoms with E-state index in [0.717, 1.165) is 12.1 Å². The SMILES string of the molecule is Cc1ccc([C@](O)(CO)C(F)(F)F)cc1-c1cnc(N)c(-n2ccnn2)n1. The third-order valence-electron chi connectivity index (χ3n) is 4.11. The second-order valence-corrected chi connectivity index (χ2v) is 5.86. The average Bonchev–Trinajstić information content (AvgIpc) is 3.15. The van der Waals surface area contributed by atoms with Gasteiger partial charge in [-0.2, -0.15) is 17.9 Å². The van der Waals surface area contributed by atoms with Gasteiger partial charge in [0.2, 0.25) is 5.60 Å². The number of aryl methyl sites for hydroxylation is 1. The first-order valence-corrected chi connectivity index (χ1v) is 7.68. The Morgan fingerprint density at radius 2 is 2.00 bits per heavy atom. The van der Waals surface area contributed by atoms with Crippen LogP contribution in [0.3, 0.4) is 0 Å². The maximum atomic E-state index is 13.3. The van der Waals surface area contributed by atoms with E-state index in [-0.39, 0.29) is 22.9 Å². The van der Waals surface area contributed by atoms with Crippen molar-refractivity contribution in [3.05, 3.63) is 47.9 Å². The minimum Gasteiger partial charge on any atom is -0.393 e. The van der Waals surface area contributed by atoms with E-state index in [0.29, 0.717) is 5.56 Å². The fourth-order valence-corrected chi connectivity index (χ4v) is 2.51. The molecule has 2 heterocycles. The molecule has 0 saturated carbocycles. The highest BCUT2D eigenvalue weighted by atomic mass is 19.4. The van der Waals surface area contributed by atoms with Crippen LogP contribution < -0.4 is 5.73 Å². The molecule has 3 aromatic rings. The van der Waals surface area contributed by atoms with Gasteiger partial charge in [-0.3, -0.25) is 0 Å². The van der Waals surface area contributed by atoms with Gasteiger partial charge in [-0.15, -0.1) is 5.10 Å². The van der Waals surface area contributed by atoms with Crippen molar-refractivity contribution in [1.29, 1.82) is 0 Å². The lowest BCUT2D eigenvalue weighted by atomic mass is 9.90. The van der Waals surface area contributed by atoms with Crippen LogP contribution >= 0.6 is 0 Å². The Hall–Kier alpha value is -3.05. The van der Waals surface area contributed by atoms with Crippen molar-refractivity contribution in [2.75, 3.05) is 12.3 Å². The Morgan fingerprint density at radius 3 is 2.59 bits per heavy atom. The average molecular weight is 380 g/mol. The molecule has 11 heteroatoms. The molecule has 1 aromatic carbocycles. The van der Waals surface area contributed by atoms with Gasteiger partial charge in [-0.1, -0.05) is 17.3 Å². The molecule has 0 bridgehead atoms. The largest absolute Gasteiger partial charge is 0.423 e.